The Morgan fingerprint density at radius 2 is 1.21 bits per heavy atom. The van der Waals surface area contributed by atoms with Gasteiger partial charge in [-0.15, -0.1) is 12.1 Å². The fourth-order valence-electron chi connectivity index (χ4n) is 1.59. The van der Waals surface area contributed by atoms with Crippen molar-refractivity contribution in [1.29, 1.82) is 0 Å². The summed E-state index contributed by atoms with van der Waals surface area (Å²) in [7, 11) is 9.67. The molecule has 0 unspecified atom stereocenters. The van der Waals surface area contributed by atoms with Gasteiger partial charge in [-0.3, -0.25) is 0 Å². The fraction of sp³-hybridized carbons (Fsp3) is 0. The van der Waals surface area contributed by atoms with Gasteiger partial charge in [0.1, 0.15) is 0 Å². The van der Waals surface area contributed by atoms with Crippen LogP contribution in [0.15, 0.2) is 67.0 Å². The van der Waals surface area contributed by atoms with Crippen molar-refractivity contribution in [2.45, 2.75) is 0 Å². The summed E-state index contributed by atoms with van der Waals surface area (Å²) in [5.74, 6) is 2.10. The smallest absolute Gasteiger partial charge is 0.216 e. The van der Waals surface area contributed by atoms with E-state index in [1.54, 1.807) is 36.7 Å². The Morgan fingerprint density at radius 1 is 0.750 bits per heavy atom. The van der Waals surface area contributed by atoms with Crippen LogP contribution >= 0.6 is 19.4 Å². The van der Waals surface area contributed by atoms with Crippen molar-refractivity contribution in [1.82, 2.24) is 9.97 Å². The van der Waals surface area contributed by atoms with E-state index in [4.69, 9.17) is 28.9 Å². The number of hydrogen-bond acceptors (Lipinski definition) is 4. The molecular formula is C16H13Cl2N2O3Rh. The number of ether oxygens (including phenoxy) is 2. The molecule has 0 atom stereocenters. The van der Waals surface area contributed by atoms with Gasteiger partial charge in [-0.2, -0.15) is 6.07 Å². The van der Waals surface area contributed by atoms with E-state index in [9.17, 15) is 0 Å². The molecule has 0 bridgehead atoms. The van der Waals surface area contributed by atoms with E-state index >= 15 is 0 Å². The predicted octanol–water partition coefficient (Wildman–Crippen LogP) is 4.41. The second-order valence-corrected chi connectivity index (χ2v) is 6.45. The minimum absolute atomic E-state index is 0. The molecular weight excluding hydrogens is 442 g/mol. The summed E-state index contributed by atoms with van der Waals surface area (Å²) in [5.41, 5.74) is 0. The zero-order chi connectivity index (χ0) is 16.3. The summed E-state index contributed by atoms with van der Waals surface area (Å²) in [5, 5.41) is 0. The molecule has 3 rings (SSSR count). The molecule has 0 saturated heterocycles. The van der Waals surface area contributed by atoms with Crippen molar-refractivity contribution >= 4 is 19.4 Å². The van der Waals surface area contributed by atoms with E-state index in [-0.39, 0.29) is 20.6 Å². The van der Waals surface area contributed by atoms with Gasteiger partial charge in [0.2, 0.25) is 11.8 Å². The third-order valence-corrected chi connectivity index (χ3v) is 2.45. The summed E-state index contributed by atoms with van der Waals surface area (Å²) in [4.78, 5) is 8.18. The molecule has 0 spiro atoms. The van der Waals surface area contributed by atoms with Crippen LogP contribution in [0.3, 0.4) is 0 Å². The number of hydrogen-bond donors (Lipinski definition) is 0. The summed E-state index contributed by atoms with van der Waals surface area (Å²) in [6.45, 7) is 0. The molecule has 0 fully saturated rings. The third-order valence-electron chi connectivity index (χ3n) is 2.45. The Balaban J connectivity index is 0.000000671. The molecule has 0 amide bonds. The molecule has 0 saturated carbocycles. The molecule has 1 aromatic carbocycles. The molecule has 128 valence electrons. The van der Waals surface area contributed by atoms with Crippen LogP contribution in [-0.4, -0.2) is 15.4 Å². The quantitative estimate of drug-likeness (QED) is 0.432. The third kappa shape index (κ3) is 7.24. The minimum Gasteiger partial charge on any atom is -0.466 e. The molecule has 3 aromatic rings. The van der Waals surface area contributed by atoms with Crippen LogP contribution in [0.4, 0.5) is 0 Å². The Hall–Kier alpha value is -1.72. The first-order valence-corrected chi connectivity index (χ1v) is 10.6. The topological polar surface area (TPSA) is 75.7 Å². The van der Waals surface area contributed by atoms with Gasteiger partial charge in [-0.05, 0) is 12.1 Å². The van der Waals surface area contributed by atoms with Gasteiger partial charge in [-0.1, -0.05) is 18.2 Å². The summed E-state index contributed by atoms with van der Waals surface area (Å²) in [6.07, 6.45) is 3.34. The van der Waals surface area contributed by atoms with Crippen LogP contribution in [0.1, 0.15) is 0 Å². The van der Waals surface area contributed by atoms with Gasteiger partial charge < -0.3 is 14.9 Å². The number of aromatic nitrogens is 2. The first kappa shape index (κ1) is 20.3. The van der Waals surface area contributed by atoms with Crippen LogP contribution in [0, 0.1) is 6.07 Å². The van der Waals surface area contributed by atoms with Gasteiger partial charge in [0.25, 0.3) is 0 Å². The molecule has 2 aromatic heterocycles. The zero-order valence-corrected chi connectivity index (χ0v) is 15.3. The van der Waals surface area contributed by atoms with Crippen molar-refractivity contribution in [3.63, 3.8) is 0 Å². The second-order valence-electron chi connectivity index (χ2n) is 3.97. The Labute approximate surface area is 155 Å². The molecule has 8 heteroatoms. The molecule has 24 heavy (non-hydrogen) atoms. The van der Waals surface area contributed by atoms with Gasteiger partial charge in [0.15, 0.2) is 0 Å². The molecule has 2 N–H and O–H groups in total. The van der Waals surface area contributed by atoms with Gasteiger partial charge in [-0.25, -0.2) is 9.97 Å². The Morgan fingerprint density at radius 3 is 1.58 bits per heavy atom. The van der Waals surface area contributed by atoms with Gasteiger partial charge in [0.05, 0.1) is 0 Å². The second kappa shape index (κ2) is 11.8. The van der Waals surface area contributed by atoms with Crippen LogP contribution in [0.2, 0.25) is 0 Å². The van der Waals surface area contributed by atoms with Crippen molar-refractivity contribution in [3.8, 4) is 23.3 Å². The first-order chi connectivity index (χ1) is 11.3. The maximum atomic E-state index is 5.59. The van der Waals surface area contributed by atoms with Crippen molar-refractivity contribution in [2.24, 2.45) is 0 Å². The summed E-state index contributed by atoms with van der Waals surface area (Å²) in [6, 6.07) is 19.4. The Bertz CT molecular complexity index is 649. The summed E-state index contributed by atoms with van der Waals surface area (Å²) >= 11 is -0.226. The number of benzene rings is 1. The predicted molar refractivity (Wildman–Crippen MR) is 89.2 cm³/mol. The normalized spacial score (nSPS) is 9.25. The monoisotopic (exact) mass is 454 g/mol. The largest absolute Gasteiger partial charge is 0.466 e. The zero-order valence-electron chi connectivity index (χ0n) is 12.2. The van der Waals surface area contributed by atoms with E-state index in [0.29, 0.717) is 23.3 Å². The SMILES string of the molecule is O.[Cl][Rh+][Cl].[c-]1c(Oc2ccccn2)cccc1Oc1ccccn1. The van der Waals surface area contributed by atoms with Crippen LogP contribution in [-0.2, 0) is 15.1 Å². The first-order valence-electron chi connectivity index (χ1n) is 6.35. The van der Waals surface area contributed by atoms with Crippen molar-refractivity contribution in [2.75, 3.05) is 0 Å². The average molecular weight is 455 g/mol. The number of nitrogens with zero attached hydrogens (tertiary/aromatic N) is 2. The number of halogens is 2. The van der Waals surface area contributed by atoms with Gasteiger partial charge in [0, 0.05) is 36.0 Å². The molecule has 0 aliphatic rings. The molecule has 5 nitrogen and oxygen atoms in total. The number of pyridine rings is 2. The standard InChI is InChI=1S/C16H11N2O2.2ClH.H2O.Rh/c1-3-10-17-15(8-1)19-13-6-5-7-14(12-13)20-16-9-2-4-11-18-16;;;;/h1-11H;2*1H;1H2;/q-1;;;;+3/p-2. The van der Waals surface area contributed by atoms with E-state index in [1.165, 1.54) is 0 Å². The van der Waals surface area contributed by atoms with Crippen LogP contribution in [0.25, 0.3) is 0 Å². The maximum absolute atomic E-state index is 5.59. The van der Waals surface area contributed by atoms with Gasteiger partial charge >= 0.3 is 34.5 Å². The molecule has 0 radical (unpaired) electrons. The van der Waals surface area contributed by atoms with Crippen molar-refractivity contribution < 1.29 is 30.1 Å². The van der Waals surface area contributed by atoms with E-state index in [2.05, 4.69) is 16.0 Å². The molecule has 2 heterocycles. The Kier molecular flexibility index (Phi) is 9.96. The molecule has 0 aliphatic heterocycles. The number of rotatable bonds is 4. The van der Waals surface area contributed by atoms with E-state index in [0.717, 1.165) is 0 Å². The van der Waals surface area contributed by atoms with Crippen molar-refractivity contribution in [3.05, 3.63) is 73.1 Å². The minimum atomic E-state index is -0.226. The maximum Gasteiger partial charge on any atom is 0.216 e. The molecule has 0 aliphatic carbocycles. The fourth-order valence-corrected chi connectivity index (χ4v) is 1.59. The van der Waals surface area contributed by atoms with E-state index < -0.39 is 0 Å². The van der Waals surface area contributed by atoms with E-state index in [1.807, 2.05) is 30.3 Å². The summed E-state index contributed by atoms with van der Waals surface area (Å²) < 4.78 is 11.2. The average Bonchev–Trinajstić information content (AvgIpc) is 2.58. The van der Waals surface area contributed by atoms with Crippen LogP contribution < -0.4 is 9.47 Å². The van der Waals surface area contributed by atoms with Crippen LogP contribution in [0.5, 0.6) is 23.3 Å².